The monoisotopic (exact) mass is 354 g/mol. The second kappa shape index (κ2) is 6.43. The van der Waals surface area contributed by atoms with E-state index >= 15 is 0 Å². The predicted molar refractivity (Wildman–Crippen MR) is 94.3 cm³/mol. The molecule has 0 saturated carbocycles. The third-order valence-corrected chi connectivity index (χ3v) is 6.75. The first-order valence-corrected chi connectivity index (χ1v) is 9.92. The summed E-state index contributed by atoms with van der Waals surface area (Å²) in [6.45, 7) is 7.69. The van der Waals surface area contributed by atoms with Crippen LogP contribution in [-0.4, -0.2) is 61.9 Å². The number of rotatable bonds is 12. The lowest BCUT2D eigenvalue weighted by atomic mass is 9.51. The molecule has 4 aliphatic heterocycles. The van der Waals surface area contributed by atoms with Crippen LogP contribution in [0.3, 0.4) is 0 Å². The van der Waals surface area contributed by atoms with Gasteiger partial charge in [-0.05, 0) is 39.0 Å². The van der Waals surface area contributed by atoms with Gasteiger partial charge in [-0.25, -0.2) is 0 Å². The summed E-state index contributed by atoms with van der Waals surface area (Å²) in [4.78, 5) is 0. The quantitative estimate of drug-likeness (QED) is 0.513. The van der Waals surface area contributed by atoms with Crippen molar-refractivity contribution < 1.29 is 18.9 Å². The summed E-state index contributed by atoms with van der Waals surface area (Å²) in [7, 11) is 0. The van der Waals surface area contributed by atoms with Crippen LogP contribution in [0.2, 0.25) is 0 Å². The Morgan fingerprint density at radius 3 is 1.56 bits per heavy atom. The fourth-order valence-electron chi connectivity index (χ4n) is 5.10. The predicted octanol–water partition coefficient (Wildman–Crippen LogP) is 1.34. The van der Waals surface area contributed by atoms with E-state index in [1.165, 1.54) is 0 Å². The van der Waals surface area contributed by atoms with Gasteiger partial charge in [0.25, 0.3) is 0 Å². The zero-order chi connectivity index (χ0) is 17.7. The van der Waals surface area contributed by atoms with E-state index in [1.54, 1.807) is 0 Å². The first kappa shape index (κ1) is 18.1. The number of hydrogen-bond donors (Lipinski definition) is 2. The van der Waals surface area contributed by atoms with Crippen LogP contribution < -0.4 is 11.5 Å². The molecule has 144 valence electrons. The smallest absolute Gasteiger partial charge is 0.0827 e. The highest BCUT2D eigenvalue weighted by atomic mass is 16.6. The molecule has 4 fully saturated rings. The number of nitrogens with two attached hydrogens (primary N) is 2. The van der Waals surface area contributed by atoms with Gasteiger partial charge in [-0.15, -0.1) is 0 Å². The van der Waals surface area contributed by atoms with Gasteiger partial charge in [0.15, 0.2) is 0 Å². The van der Waals surface area contributed by atoms with Crippen LogP contribution in [0.5, 0.6) is 0 Å². The molecule has 6 nitrogen and oxygen atoms in total. The van der Waals surface area contributed by atoms with Crippen molar-refractivity contribution in [1.29, 1.82) is 0 Å². The molecule has 4 saturated heterocycles. The first-order chi connectivity index (χ1) is 11.9. The van der Waals surface area contributed by atoms with Crippen LogP contribution in [0.4, 0.5) is 0 Å². The second-order valence-corrected chi connectivity index (χ2v) is 9.04. The zero-order valence-corrected chi connectivity index (χ0v) is 15.7. The molecule has 4 rings (SSSR count). The van der Waals surface area contributed by atoms with Gasteiger partial charge in [0, 0.05) is 16.5 Å². The highest BCUT2D eigenvalue weighted by Crippen LogP contribution is 2.56. The second-order valence-electron chi connectivity index (χ2n) is 9.04. The van der Waals surface area contributed by atoms with Gasteiger partial charge < -0.3 is 30.4 Å². The average Bonchev–Trinajstić information content (AvgIpc) is 3.35. The summed E-state index contributed by atoms with van der Waals surface area (Å²) >= 11 is 0. The minimum Gasteiger partial charge on any atom is -0.373 e. The van der Waals surface area contributed by atoms with Gasteiger partial charge in [0.2, 0.25) is 0 Å². The van der Waals surface area contributed by atoms with E-state index in [4.69, 9.17) is 30.4 Å². The van der Waals surface area contributed by atoms with Gasteiger partial charge in [0.1, 0.15) is 0 Å². The largest absolute Gasteiger partial charge is 0.373 e. The van der Waals surface area contributed by atoms with Crippen molar-refractivity contribution in [2.45, 2.75) is 87.9 Å². The Bertz CT molecular complexity index is 470. The Kier molecular flexibility index (Phi) is 4.66. The lowest BCUT2D eigenvalue weighted by Gasteiger charge is -2.57. The molecule has 4 aliphatic rings. The van der Waals surface area contributed by atoms with Gasteiger partial charge >= 0.3 is 0 Å². The lowest BCUT2D eigenvalue weighted by molar-refractivity contribution is -0.0246. The molecule has 0 bridgehead atoms. The number of epoxide rings is 4. The summed E-state index contributed by atoms with van der Waals surface area (Å²) in [5.74, 6) is 0. The zero-order valence-electron chi connectivity index (χ0n) is 15.7. The van der Waals surface area contributed by atoms with E-state index in [-0.39, 0.29) is 35.4 Å². The Labute approximate surface area is 150 Å². The Morgan fingerprint density at radius 1 is 0.760 bits per heavy atom. The fourth-order valence-corrected chi connectivity index (χ4v) is 5.10. The Morgan fingerprint density at radius 2 is 1.16 bits per heavy atom. The molecular formula is C19H34N2O4. The van der Waals surface area contributed by atoms with Crippen LogP contribution in [0.15, 0.2) is 0 Å². The van der Waals surface area contributed by atoms with E-state index in [0.29, 0.717) is 0 Å². The van der Waals surface area contributed by atoms with Gasteiger partial charge in [-0.3, -0.25) is 0 Å². The van der Waals surface area contributed by atoms with Crippen molar-refractivity contribution in [3.05, 3.63) is 0 Å². The fraction of sp³-hybridized carbons (Fsp3) is 1.00. The molecular weight excluding hydrogens is 320 g/mol. The van der Waals surface area contributed by atoms with E-state index in [2.05, 4.69) is 13.8 Å². The SMILES string of the molecule is CCCC(N)(CC1CO1)C(CC1CO1)(CC1CO1)C(C)(N)CC1CO1. The van der Waals surface area contributed by atoms with Gasteiger partial charge in [0.05, 0.1) is 50.8 Å². The van der Waals surface area contributed by atoms with Crippen LogP contribution in [0.25, 0.3) is 0 Å². The van der Waals surface area contributed by atoms with Crippen molar-refractivity contribution >= 4 is 0 Å². The highest BCUT2D eigenvalue weighted by Gasteiger charge is 2.62. The molecule has 6 heteroatoms. The van der Waals surface area contributed by atoms with Crippen molar-refractivity contribution in [3.8, 4) is 0 Å². The van der Waals surface area contributed by atoms with E-state index in [1.807, 2.05) is 0 Å². The number of hydrogen-bond acceptors (Lipinski definition) is 6. The molecule has 0 radical (unpaired) electrons. The maximum Gasteiger partial charge on any atom is 0.0827 e. The normalized spacial score (nSPS) is 39.8. The van der Waals surface area contributed by atoms with Gasteiger partial charge in [-0.2, -0.15) is 0 Å². The van der Waals surface area contributed by atoms with Gasteiger partial charge in [-0.1, -0.05) is 13.3 Å². The molecule has 4 N–H and O–H groups in total. The number of ether oxygens (including phenoxy) is 4. The summed E-state index contributed by atoms with van der Waals surface area (Å²) in [5.41, 5.74) is 13.3. The van der Waals surface area contributed by atoms with Crippen molar-refractivity contribution in [2.75, 3.05) is 26.4 Å². The molecule has 0 aromatic carbocycles. The third-order valence-electron chi connectivity index (χ3n) is 6.75. The average molecular weight is 354 g/mol. The molecule has 0 amide bonds. The van der Waals surface area contributed by atoms with Crippen molar-refractivity contribution in [3.63, 3.8) is 0 Å². The summed E-state index contributed by atoms with van der Waals surface area (Å²) in [5, 5.41) is 0. The topological polar surface area (TPSA) is 102 Å². The van der Waals surface area contributed by atoms with Crippen LogP contribution >= 0.6 is 0 Å². The van der Waals surface area contributed by atoms with Crippen LogP contribution in [0.1, 0.15) is 52.4 Å². The maximum absolute atomic E-state index is 7.25. The molecule has 0 aromatic rings. The molecule has 0 aromatic heterocycles. The minimum atomic E-state index is -0.426. The minimum absolute atomic E-state index is 0.240. The maximum atomic E-state index is 7.25. The van der Waals surface area contributed by atoms with Crippen molar-refractivity contribution in [1.82, 2.24) is 0 Å². The van der Waals surface area contributed by atoms with Crippen LogP contribution in [-0.2, 0) is 18.9 Å². The first-order valence-electron chi connectivity index (χ1n) is 9.92. The highest BCUT2D eigenvalue weighted by molar-refractivity contribution is 5.17. The summed E-state index contributed by atoms with van der Waals surface area (Å²) < 4.78 is 22.4. The molecule has 4 heterocycles. The molecule has 0 spiro atoms. The van der Waals surface area contributed by atoms with E-state index in [9.17, 15) is 0 Å². The Balaban J connectivity index is 1.69. The van der Waals surface area contributed by atoms with E-state index < -0.39 is 5.54 Å². The molecule has 25 heavy (non-hydrogen) atoms. The lowest BCUT2D eigenvalue weighted by Crippen LogP contribution is -2.70. The third kappa shape index (κ3) is 3.89. The standard InChI is InChI=1S/C19H34N2O4/c1-3-4-19(21,8-16-12-25-16)18(6-14-10-23-14,7-15-11-24-15)17(2,20)5-13-9-22-13/h13-16H,3-12,20-21H2,1-2H3. The van der Waals surface area contributed by atoms with Crippen LogP contribution in [0, 0.1) is 5.41 Å². The summed E-state index contributed by atoms with van der Waals surface area (Å²) in [6.07, 6.45) is 6.65. The molecule has 6 unspecified atom stereocenters. The summed E-state index contributed by atoms with van der Waals surface area (Å²) in [6, 6.07) is 0. The Hall–Kier alpha value is -0.240. The molecule has 0 aliphatic carbocycles. The van der Waals surface area contributed by atoms with E-state index in [0.717, 1.165) is 65.0 Å². The van der Waals surface area contributed by atoms with Crippen molar-refractivity contribution in [2.24, 2.45) is 16.9 Å². The molecule has 6 atom stereocenters.